The molecule has 2 aromatic rings. The molecule has 4 rings (SSSR count). The fourth-order valence-electron chi connectivity index (χ4n) is 4.20. The number of hydrogen-bond acceptors (Lipinski definition) is 2. The third kappa shape index (κ3) is 2.81. The first kappa shape index (κ1) is 16.8. The van der Waals surface area contributed by atoms with E-state index >= 15 is 0 Å². The van der Waals surface area contributed by atoms with Crippen LogP contribution in [0.3, 0.4) is 0 Å². The summed E-state index contributed by atoms with van der Waals surface area (Å²) in [5.74, 6) is 0.588. The van der Waals surface area contributed by atoms with Crippen molar-refractivity contribution in [1.29, 1.82) is 0 Å². The molecule has 1 fully saturated rings. The van der Waals surface area contributed by atoms with Gasteiger partial charge < -0.3 is 9.64 Å². The molecular formula is C21H22BrNO2. The summed E-state index contributed by atoms with van der Waals surface area (Å²) in [5.41, 5.74) is 2.93. The summed E-state index contributed by atoms with van der Waals surface area (Å²) in [7, 11) is 0. The predicted molar refractivity (Wildman–Crippen MR) is 103 cm³/mol. The van der Waals surface area contributed by atoms with Crippen LogP contribution in [0.25, 0.3) is 0 Å². The van der Waals surface area contributed by atoms with Crippen molar-refractivity contribution in [3.63, 3.8) is 0 Å². The number of ether oxygens (including phenoxy) is 1. The van der Waals surface area contributed by atoms with Gasteiger partial charge in [0.05, 0.1) is 5.41 Å². The summed E-state index contributed by atoms with van der Waals surface area (Å²) in [6.45, 7) is 4.21. The molecule has 1 atom stereocenters. The number of anilines is 1. The number of rotatable bonds is 2. The molecule has 0 radical (unpaired) electrons. The Morgan fingerprint density at radius 1 is 1.16 bits per heavy atom. The Bertz CT molecular complexity index is 798. The number of carbonyl (C=O) groups is 1. The molecule has 2 aromatic carbocycles. The van der Waals surface area contributed by atoms with Gasteiger partial charge in [0.25, 0.3) is 0 Å². The van der Waals surface area contributed by atoms with Crippen molar-refractivity contribution in [3.05, 3.63) is 64.1 Å². The quantitative estimate of drug-likeness (QED) is 0.735. The van der Waals surface area contributed by atoms with Gasteiger partial charge in [0, 0.05) is 35.8 Å². The van der Waals surface area contributed by atoms with Crippen LogP contribution in [0.15, 0.2) is 53.0 Å². The number of fused-ring (bicyclic) bond motifs is 1. The first-order valence-electron chi connectivity index (χ1n) is 8.86. The van der Waals surface area contributed by atoms with Crippen molar-refractivity contribution in [1.82, 2.24) is 0 Å². The van der Waals surface area contributed by atoms with Crippen molar-refractivity contribution in [2.75, 3.05) is 24.7 Å². The van der Waals surface area contributed by atoms with Gasteiger partial charge in [-0.15, -0.1) is 0 Å². The number of carbonyl (C=O) groups excluding carboxylic acids is 1. The molecule has 0 aromatic heterocycles. The average Bonchev–Trinajstić information content (AvgIpc) is 2.99. The monoisotopic (exact) mass is 399 g/mol. The van der Waals surface area contributed by atoms with Gasteiger partial charge in [-0.3, -0.25) is 4.79 Å². The van der Waals surface area contributed by atoms with Crippen LogP contribution >= 0.6 is 15.9 Å². The number of amides is 1. The lowest BCUT2D eigenvalue weighted by Gasteiger charge is -2.39. The highest BCUT2D eigenvalue weighted by atomic mass is 79.9. The largest absolute Gasteiger partial charge is 0.381 e. The van der Waals surface area contributed by atoms with Gasteiger partial charge in [-0.25, -0.2) is 0 Å². The summed E-state index contributed by atoms with van der Waals surface area (Å²) in [5, 5.41) is 0. The Morgan fingerprint density at radius 3 is 2.68 bits per heavy atom. The first-order valence-corrected chi connectivity index (χ1v) is 9.66. The minimum atomic E-state index is -0.501. The Balaban J connectivity index is 1.77. The second kappa shape index (κ2) is 6.58. The molecule has 130 valence electrons. The number of nitrogens with zero attached hydrogens (tertiary/aromatic N) is 1. The van der Waals surface area contributed by atoms with E-state index in [0.29, 0.717) is 19.1 Å². The molecule has 3 nitrogen and oxygen atoms in total. The molecule has 1 unspecified atom stereocenters. The van der Waals surface area contributed by atoms with Crippen molar-refractivity contribution >= 4 is 27.5 Å². The zero-order valence-electron chi connectivity index (χ0n) is 14.4. The average molecular weight is 400 g/mol. The molecule has 1 saturated heterocycles. The number of hydrogen-bond donors (Lipinski definition) is 0. The minimum Gasteiger partial charge on any atom is -0.381 e. The maximum absolute atomic E-state index is 13.8. The molecule has 0 bridgehead atoms. The van der Waals surface area contributed by atoms with Gasteiger partial charge in [-0.1, -0.05) is 53.2 Å². The highest BCUT2D eigenvalue weighted by Crippen LogP contribution is 2.43. The molecule has 0 N–H and O–H groups in total. The molecule has 2 aliphatic heterocycles. The third-order valence-electron chi connectivity index (χ3n) is 5.59. The highest BCUT2D eigenvalue weighted by molar-refractivity contribution is 9.10. The lowest BCUT2D eigenvalue weighted by Crippen LogP contribution is -2.49. The number of benzene rings is 2. The summed E-state index contributed by atoms with van der Waals surface area (Å²) < 4.78 is 6.61. The van der Waals surface area contributed by atoms with Crippen molar-refractivity contribution in [2.45, 2.75) is 31.1 Å². The summed E-state index contributed by atoms with van der Waals surface area (Å²) in [6, 6.07) is 16.5. The Labute approximate surface area is 157 Å². The molecular weight excluding hydrogens is 378 g/mol. The zero-order valence-corrected chi connectivity index (χ0v) is 16.0. The fraction of sp³-hybridized carbons (Fsp3) is 0.381. The number of halogens is 1. The normalized spacial score (nSPS) is 21.8. The highest BCUT2D eigenvalue weighted by Gasteiger charge is 2.46. The standard InChI is InChI=1S/C21H22BrNO2/c1-15-14-23(19-8-3-2-7-18(15)19)20(24)21(9-11-25-12-10-21)16-5-4-6-17(22)13-16/h2-8,13,15H,9-12,14H2,1H3. The summed E-state index contributed by atoms with van der Waals surface area (Å²) >= 11 is 3.56. The van der Waals surface area contributed by atoms with E-state index in [4.69, 9.17) is 4.74 Å². The van der Waals surface area contributed by atoms with E-state index in [-0.39, 0.29) is 5.91 Å². The van der Waals surface area contributed by atoms with Crippen molar-refractivity contribution in [2.24, 2.45) is 0 Å². The van der Waals surface area contributed by atoms with E-state index in [1.54, 1.807) is 0 Å². The summed E-state index contributed by atoms with van der Waals surface area (Å²) in [4.78, 5) is 15.8. The molecule has 0 spiro atoms. The van der Waals surface area contributed by atoms with Crippen LogP contribution in [-0.4, -0.2) is 25.7 Å². The van der Waals surface area contributed by atoms with Crippen molar-refractivity contribution < 1.29 is 9.53 Å². The maximum atomic E-state index is 13.8. The fourth-order valence-corrected chi connectivity index (χ4v) is 4.60. The van der Waals surface area contributed by atoms with Gasteiger partial charge in [0.1, 0.15) is 0 Å². The van der Waals surface area contributed by atoms with E-state index in [9.17, 15) is 4.79 Å². The second-order valence-electron chi connectivity index (χ2n) is 7.08. The molecule has 25 heavy (non-hydrogen) atoms. The van der Waals surface area contributed by atoms with E-state index in [0.717, 1.165) is 35.1 Å². The molecule has 2 aliphatic rings. The van der Waals surface area contributed by atoms with Gasteiger partial charge in [0.2, 0.25) is 5.91 Å². The Morgan fingerprint density at radius 2 is 1.92 bits per heavy atom. The summed E-state index contributed by atoms with van der Waals surface area (Å²) in [6.07, 6.45) is 1.46. The van der Waals surface area contributed by atoms with Crippen LogP contribution in [-0.2, 0) is 14.9 Å². The molecule has 2 heterocycles. The first-order chi connectivity index (χ1) is 12.1. The third-order valence-corrected chi connectivity index (χ3v) is 6.09. The Hall–Kier alpha value is -1.65. The lowest BCUT2D eigenvalue weighted by molar-refractivity contribution is -0.127. The lowest BCUT2D eigenvalue weighted by atomic mass is 9.73. The van der Waals surface area contributed by atoms with Gasteiger partial charge in [-0.2, -0.15) is 0 Å². The molecule has 0 aliphatic carbocycles. The predicted octanol–water partition coefficient (Wildman–Crippen LogP) is 4.65. The molecule has 4 heteroatoms. The van der Waals surface area contributed by atoms with E-state index in [1.165, 1.54) is 5.56 Å². The zero-order chi connectivity index (χ0) is 17.4. The molecule has 1 amide bonds. The Kier molecular flexibility index (Phi) is 4.42. The van der Waals surface area contributed by atoms with Gasteiger partial charge >= 0.3 is 0 Å². The minimum absolute atomic E-state index is 0.214. The van der Waals surface area contributed by atoms with E-state index in [2.05, 4.69) is 53.2 Å². The van der Waals surface area contributed by atoms with E-state index < -0.39 is 5.41 Å². The van der Waals surface area contributed by atoms with E-state index in [1.807, 2.05) is 23.1 Å². The van der Waals surface area contributed by atoms with Crippen LogP contribution in [0.2, 0.25) is 0 Å². The maximum Gasteiger partial charge on any atom is 0.237 e. The second-order valence-corrected chi connectivity index (χ2v) is 8.00. The van der Waals surface area contributed by atoms with Crippen LogP contribution in [0.5, 0.6) is 0 Å². The van der Waals surface area contributed by atoms with Crippen LogP contribution < -0.4 is 4.90 Å². The smallest absolute Gasteiger partial charge is 0.237 e. The van der Waals surface area contributed by atoms with Crippen LogP contribution in [0, 0.1) is 0 Å². The van der Waals surface area contributed by atoms with Gasteiger partial charge in [-0.05, 0) is 42.2 Å². The van der Waals surface area contributed by atoms with Crippen LogP contribution in [0.4, 0.5) is 5.69 Å². The number of para-hydroxylation sites is 1. The topological polar surface area (TPSA) is 29.5 Å². The molecule has 0 saturated carbocycles. The van der Waals surface area contributed by atoms with Crippen molar-refractivity contribution in [3.8, 4) is 0 Å². The van der Waals surface area contributed by atoms with Gasteiger partial charge in [0.15, 0.2) is 0 Å². The SMILES string of the molecule is CC1CN(C(=O)C2(c3cccc(Br)c3)CCOCC2)c2ccccc21. The van der Waals surface area contributed by atoms with Crippen LogP contribution in [0.1, 0.15) is 36.8 Å².